The van der Waals surface area contributed by atoms with E-state index in [9.17, 15) is 4.79 Å². The van der Waals surface area contributed by atoms with E-state index in [0.717, 1.165) is 5.92 Å². The number of carbonyl (C=O) groups excluding carboxylic acids is 1. The number of thioether (sulfide) groups is 1. The summed E-state index contributed by atoms with van der Waals surface area (Å²) in [5.74, 6) is 0.756. The Labute approximate surface area is 116 Å². The maximum Gasteiger partial charge on any atom is 0.192 e. The zero-order valence-electron chi connectivity index (χ0n) is 11.4. The van der Waals surface area contributed by atoms with Gasteiger partial charge in [0.15, 0.2) is 5.12 Å². The summed E-state index contributed by atoms with van der Waals surface area (Å²) in [6.45, 7) is 0. The molecule has 0 aromatic rings. The molecule has 2 heteroatoms. The minimum absolute atomic E-state index is 0.383. The van der Waals surface area contributed by atoms with Crippen molar-refractivity contribution in [2.24, 2.45) is 5.92 Å². The first-order chi connectivity index (χ1) is 8.84. The molecule has 0 aromatic carbocycles. The van der Waals surface area contributed by atoms with Gasteiger partial charge in [-0.3, -0.25) is 4.79 Å². The summed E-state index contributed by atoms with van der Waals surface area (Å²) in [5, 5.41) is 1.00. The monoisotopic (exact) mass is 266 g/mol. The Balaban J connectivity index is 1.62. The lowest BCUT2D eigenvalue weighted by Crippen LogP contribution is -2.10. The van der Waals surface area contributed by atoms with Crippen molar-refractivity contribution in [1.82, 2.24) is 0 Å². The molecule has 0 radical (unpaired) electrons. The van der Waals surface area contributed by atoms with Crippen LogP contribution < -0.4 is 0 Å². The highest BCUT2D eigenvalue weighted by molar-refractivity contribution is 8.14. The van der Waals surface area contributed by atoms with Crippen LogP contribution in [0.3, 0.4) is 0 Å². The Hall–Kier alpha value is -0.240. The van der Waals surface area contributed by atoms with Gasteiger partial charge in [-0.25, -0.2) is 0 Å². The topological polar surface area (TPSA) is 17.1 Å². The van der Waals surface area contributed by atoms with Crippen molar-refractivity contribution in [1.29, 1.82) is 0 Å². The van der Waals surface area contributed by atoms with Crippen molar-refractivity contribution in [2.75, 3.05) is 0 Å². The van der Waals surface area contributed by atoms with Gasteiger partial charge in [0.05, 0.1) is 0 Å². The molecule has 0 heterocycles. The summed E-state index contributed by atoms with van der Waals surface area (Å²) in [7, 11) is 0. The van der Waals surface area contributed by atoms with E-state index in [-0.39, 0.29) is 0 Å². The predicted octanol–water partition coefficient (Wildman–Crippen LogP) is 5.11. The molecule has 0 aliphatic heterocycles. The van der Waals surface area contributed by atoms with Crippen LogP contribution in [0.25, 0.3) is 0 Å². The largest absolute Gasteiger partial charge is 0.287 e. The van der Waals surface area contributed by atoms with E-state index in [2.05, 4.69) is 12.2 Å². The minimum atomic E-state index is 0.383. The van der Waals surface area contributed by atoms with Crippen LogP contribution in [-0.2, 0) is 4.79 Å². The third-order valence-electron chi connectivity index (χ3n) is 4.19. The molecule has 2 saturated carbocycles. The summed E-state index contributed by atoms with van der Waals surface area (Å²) >= 11 is 1.62. The highest BCUT2D eigenvalue weighted by Gasteiger charge is 2.17. The number of carbonyl (C=O) groups is 1. The van der Waals surface area contributed by atoms with E-state index in [1.165, 1.54) is 64.2 Å². The second kappa shape index (κ2) is 8.04. The average molecular weight is 266 g/mol. The molecule has 2 aliphatic carbocycles. The molecule has 0 aromatic heterocycles. The maximum absolute atomic E-state index is 11.9. The van der Waals surface area contributed by atoms with E-state index in [0.29, 0.717) is 16.8 Å². The lowest BCUT2D eigenvalue weighted by atomic mass is 9.89. The Morgan fingerprint density at radius 1 is 0.944 bits per heavy atom. The van der Waals surface area contributed by atoms with Crippen LogP contribution in [0.5, 0.6) is 0 Å². The number of allylic oxidation sites excluding steroid dienone is 2. The Bertz CT molecular complexity index is 273. The molecular formula is C16H26OS. The molecule has 0 saturated heterocycles. The average Bonchev–Trinajstić information content (AvgIpc) is 2.41. The maximum atomic E-state index is 11.9. The summed E-state index contributed by atoms with van der Waals surface area (Å²) in [6, 6.07) is 0. The van der Waals surface area contributed by atoms with Gasteiger partial charge in [0, 0.05) is 11.7 Å². The summed E-state index contributed by atoms with van der Waals surface area (Å²) in [6.07, 6.45) is 18.4. The summed E-state index contributed by atoms with van der Waals surface area (Å²) < 4.78 is 0. The quantitative estimate of drug-likeness (QED) is 0.658. The van der Waals surface area contributed by atoms with Gasteiger partial charge in [0.2, 0.25) is 0 Å². The van der Waals surface area contributed by atoms with E-state index in [4.69, 9.17) is 0 Å². The highest BCUT2D eigenvalue weighted by atomic mass is 32.2. The minimum Gasteiger partial charge on any atom is -0.287 e. The fourth-order valence-corrected chi connectivity index (χ4v) is 4.23. The van der Waals surface area contributed by atoms with Gasteiger partial charge >= 0.3 is 0 Å². The zero-order valence-corrected chi connectivity index (χ0v) is 12.2. The van der Waals surface area contributed by atoms with Crippen LogP contribution in [-0.4, -0.2) is 10.4 Å². The molecule has 2 rings (SSSR count). The molecule has 0 spiro atoms. The second-order valence-electron chi connectivity index (χ2n) is 5.78. The van der Waals surface area contributed by atoms with Gasteiger partial charge < -0.3 is 0 Å². The Kier molecular flexibility index (Phi) is 6.33. The first-order valence-electron chi connectivity index (χ1n) is 7.71. The van der Waals surface area contributed by atoms with Gasteiger partial charge in [-0.05, 0) is 31.6 Å². The highest BCUT2D eigenvalue weighted by Crippen LogP contribution is 2.29. The SMILES string of the molecule is O=C(C/C=C/C1CCCCC1)SC1CCCCC1. The van der Waals surface area contributed by atoms with Crippen LogP contribution in [0.1, 0.15) is 70.6 Å². The third kappa shape index (κ3) is 5.17. The zero-order chi connectivity index (χ0) is 12.6. The van der Waals surface area contributed by atoms with Crippen molar-refractivity contribution in [3.05, 3.63) is 12.2 Å². The van der Waals surface area contributed by atoms with Crippen LogP contribution in [0.2, 0.25) is 0 Å². The van der Waals surface area contributed by atoms with Crippen LogP contribution in [0, 0.1) is 5.92 Å². The molecule has 0 N–H and O–H groups in total. The van der Waals surface area contributed by atoms with E-state index >= 15 is 0 Å². The van der Waals surface area contributed by atoms with Crippen molar-refractivity contribution in [2.45, 2.75) is 75.9 Å². The second-order valence-corrected chi connectivity index (χ2v) is 7.14. The van der Waals surface area contributed by atoms with E-state index in [1.807, 2.05) is 0 Å². The number of rotatable bonds is 4. The molecular weight excluding hydrogens is 240 g/mol. The van der Waals surface area contributed by atoms with Crippen molar-refractivity contribution < 1.29 is 4.79 Å². The molecule has 1 nitrogen and oxygen atoms in total. The molecule has 0 amide bonds. The molecule has 102 valence electrons. The molecule has 0 bridgehead atoms. The lowest BCUT2D eigenvalue weighted by Gasteiger charge is -2.20. The van der Waals surface area contributed by atoms with Crippen LogP contribution in [0.15, 0.2) is 12.2 Å². The fourth-order valence-electron chi connectivity index (χ4n) is 3.10. The summed E-state index contributed by atoms with van der Waals surface area (Å²) in [5.41, 5.74) is 0. The van der Waals surface area contributed by atoms with Gasteiger partial charge in [0.25, 0.3) is 0 Å². The normalized spacial score (nSPS) is 23.6. The first-order valence-corrected chi connectivity index (χ1v) is 8.59. The molecule has 0 atom stereocenters. The van der Waals surface area contributed by atoms with Crippen molar-refractivity contribution >= 4 is 16.9 Å². The smallest absolute Gasteiger partial charge is 0.192 e. The summed E-state index contributed by atoms with van der Waals surface area (Å²) in [4.78, 5) is 11.9. The van der Waals surface area contributed by atoms with Gasteiger partial charge in [0.1, 0.15) is 0 Å². The molecule has 0 unspecified atom stereocenters. The third-order valence-corrected chi connectivity index (χ3v) is 5.43. The first kappa shape index (κ1) is 14.2. The predicted molar refractivity (Wildman–Crippen MR) is 79.8 cm³/mol. The van der Waals surface area contributed by atoms with Gasteiger partial charge in [-0.2, -0.15) is 0 Å². The van der Waals surface area contributed by atoms with Crippen molar-refractivity contribution in [3.63, 3.8) is 0 Å². The lowest BCUT2D eigenvalue weighted by molar-refractivity contribution is -0.110. The van der Waals surface area contributed by atoms with Gasteiger partial charge in [-0.15, -0.1) is 0 Å². The number of hydrogen-bond donors (Lipinski definition) is 0. The Morgan fingerprint density at radius 3 is 2.22 bits per heavy atom. The molecule has 18 heavy (non-hydrogen) atoms. The van der Waals surface area contributed by atoms with E-state index in [1.54, 1.807) is 11.8 Å². The van der Waals surface area contributed by atoms with E-state index < -0.39 is 0 Å². The van der Waals surface area contributed by atoms with Crippen molar-refractivity contribution in [3.8, 4) is 0 Å². The number of hydrogen-bond acceptors (Lipinski definition) is 2. The standard InChI is InChI=1S/C16H26OS/c17-16(18-15-11-5-2-6-12-15)13-7-10-14-8-3-1-4-9-14/h7,10,14-15H,1-6,8-9,11-13H2/b10-7+. The van der Waals surface area contributed by atoms with Crippen LogP contribution in [0.4, 0.5) is 0 Å². The molecule has 2 aliphatic rings. The van der Waals surface area contributed by atoms with Crippen LogP contribution >= 0.6 is 11.8 Å². The fraction of sp³-hybridized carbons (Fsp3) is 0.812. The Morgan fingerprint density at radius 2 is 1.56 bits per heavy atom. The molecule has 2 fully saturated rings. The van der Waals surface area contributed by atoms with Gasteiger partial charge in [-0.1, -0.05) is 62.4 Å².